The van der Waals surface area contributed by atoms with E-state index in [9.17, 15) is 9.59 Å². The van der Waals surface area contributed by atoms with Gasteiger partial charge < -0.3 is 14.7 Å². The topological polar surface area (TPSA) is 66.8 Å². The van der Waals surface area contributed by atoms with E-state index in [0.717, 1.165) is 5.75 Å². The van der Waals surface area contributed by atoms with Gasteiger partial charge in [0.1, 0.15) is 6.04 Å². The molecule has 0 aromatic heterocycles. The monoisotopic (exact) mass is 259 g/mol. The van der Waals surface area contributed by atoms with Crippen LogP contribution in [0, 0.1) is 5.92 Å². The van der Waals surface area contributed by atoms with Gasteiger partial charge in [0.25, 0.3) is 0 Å². The van der Waals surface area contributed by atoms with E-state index >= 15 is 0 Å². The predicted octanol–water partition coefficient (Wildman–Crippen LogP) is 0.440. The van der Waals surface area contributed by atoms with Crippen LogP contribution in [-0.2, 0) is 14.3 Å². The van der Waals surface area contributed by atoms with Crippen molar-refractivity contribution in [3.8, 4) is 0 Å². The van der Waals surface area contributed by atoms with E-state index in [2.05, 4.69) is 0 Å². The molecule has 3 atom stereocenters. The maximum absolute atomic E-state index is 12.2. The molecule has 2 aliphatic rings. The van der Waals surface area contributed by atoms with Gasteiger partial charge in [-0.15, -0.1) is 0 Å². The number of aliphatic carboxylic acids is 1. The number of hydrogen-bond acceptors (Lipinski definition) is 4. The molecule has 2 fully saturated rings. The van der Waals surface area contributed by atoms with Crippen LogP contribution in [0.4, 0.5) is 0 Å². The van der Waals surface area contributed by atoms with Crippen molar-refractivity contribution in [1.82, 2.24) is 4.90 Å². The summed E-state index contributed by atoms with van der Waals surface area (Å²) >= 11 is 1.59. The number of carbonyl (C=O) groups is 2. The van der Waals surface area contributed by atoms with Gasteiger partial charge in [-0.2, -0.15) is 11.8 Å². The van der Waals surface area contributed by atoms with Crippen molar-refractivity contribution in [2.24, 2.45) is 5.92 Å². The van der Waals surface area contributed by atoms with Crippen molar-refractivity contribution in [3.63, 3.8) is 0 Å². The van der Waals surface area contributed by atoms with Crippen LogP contribution in [0.25, 0.3) is 0 Å². The first-order valence-electron chi connectivity index (χ1n) is 5.82. The molecule has 0 bridgehead atoms. The Balaban J connectivity index is 2.03. The molecule has 0 radical (unpaired) electrons. The summed E-state index contributed by atoms with van der Waals surface area (Å²) in [4.78, 5) is 24.9. The fraction of sp³-hybridized carbons (Fsp3) is 0.818. The Hall–Kier alpha value is -0.750. The standard InChI is InChI=1S/C11H17NO4S/c1-7-4-8(5-16-7)10(13)12-2-3-17-6-9(12)11(14)15/h7-9H,2-6H2,1H3,(H,14,15). The Morgan fingerprint density at radius 3 is 2.82 bits per heavy atom. The highest BCUT2D eigenvalue weighted by atomic mass is 32.2. The number of amides is 1. The van der Waals surface area contributed by atoms with Crippen molar-refractivity contribution in [1.29, 1.82) is 0 Å². The lowest BCUT2D eigenvalue weighted by atomic mass is 10.0. The molecule has 6 heteroatoms. The minimum atomic E-state index is -0.905. The van der Waals surface area contributed by atoms with E-state index in [-0.39, 0.29) is 17.9 Å². The molecule has 0 aliphatic carbocycles. The van der Waals surface area contributed by atoms with Gasteiger partial charge in [0.05, 0.1) is 18.6 Å². The summed E-state index contributed by atoms with van der Waals surface area (Å²) in [5.41, 5.74) is 0. The van der Waals surface area contributed by atoms with Crippen molar-refractivity contribution < 1.29 is 19.4 Å². The normalized spacial score (nSPS) is 33.7. The highest BCUT2D eigenvalue weighted by Crippen LogP contribution is 2.25. The SMILES string of the molecule is CC1CC(C(=O)N2CCSCC2C(=O)O)CO1. The molecule has 17 heavy (non-hydrogen) atoms. The van der Waals surface area contributed by atoms with Gasteiger partial charge in [-0.1, -0.05) is 0 Å². The summed E-state index contributed by atoms with van der Waals surface area (Å²) in [6.45, 7) is 2.90. The molecule has 0 aromatic rings. The Bertz CT molecular complexity index is 323. The Labute approximate surface area is 104 Å². The molecular weight excluding hydrogens is 242 g/mol. The van der Waals surface area contributed by atoms with E-state index in [0.29, 0.717) is 25.3 Å². The number of rotatable bonds is 2. The zero-order valence-corrected chi connectivity index (χ0v) is 10.6. The van der Waals surface area contributed by atoms with Gasteiger partial charge in [-0.05, 0) is 13.3 Å². The van der Waals surface area contributed by atoms with Gasteiger partial charge in [0.2, 0.25) is 5.91 Å². The van der Waals surface area contributed by atoms with Crippen LogP contribution >= 0.6 is 11.8 Å². The van der Waals surface area contributed by atoms with Crippen LogP contribution in [0.5, 0.6) is 0 Å². The fourth-order valence-corrected chi connectivity index (χ4v) is 3.33. The maximum Gasteiger partial charge on any atom is 0.327 e. The molecule has 1 amide bonds. The number of carboxylic acids is 1. The van der Waals surface area contributed by atoms with E-state index < -0.39 is 12.0 Å². The van der Waals surface area contributed by atoms with E-state index in [1.165, 1.54) is 4.90 Å². The van der Waals surface area contributed by atoms with Crippen molar-refractivity contribution in [3.05, 3.63) is 0 Å². The first kappa shape index (κ1) is 12.7. The average molecular weight is 259 g/mol. The summed E-state index contributed by atoms with van der Waals surface area (Å²) < 4.78 is 5.37. The third-order valence-electron chi connectivity index (χ3n) is 3.24. The zero-order chi connectivity index (χ0) is 12.4. The lowest BCUT2D eigenvalue weighted by Crippen LogP contribution is -2.52. The van der Waals surface area contributed by atoms with Gasteiger partial charge in [0.15, 0.2) is 0 Å². The predicted molar refractivity (Wildman–Crippen MR) is 64.0 cm³/mol. The number of ether oxygens (including phenoxy) is 1. The number of thioether (sulfide) groups is 1. The third kappa shape index (κ3) is 2.74. The first-order chi connectivity index (χ1) is 8.09. The molecule has 96 valence electrons. The second kappa shape index (κ2) is 5.27. The first-order valence-corrected chi connectivity index (χ1v) is 6.97. The minimum Gasteiger partial charge on any atom is -0.480 e. The number of carboxylic acid groups (broad SMARTS) is 1. The van der Waals surface area contributed by atoms with Gasteiger partial charge in [-0.3, -0.25) is 4.79 Å². The molecule has 2 heterocycles. The molecule has 3 unspecified atom stereocenters. The summed E-state index contributed by atoms with van der Waals surface area (Å²) in [6, 6.07) is -0.669. The maximum atomic E-state index is 12.2. The van der Waals surface area contributed by atoms with Crippen LogP contribution in [0.1, 0.15) is 13.3 Å². The molecule has 1 N–H and O–H groups in total. The van der Waals surface area contributed by atoms with Crippen LogP contribution in [0.15, 0.2) is 0 Å². The molecule has 0 saturated carbocycles. The lowest BCUT2D eigenvalue weighted by molar-refractivity contribution is -0.151. The van der Waals surface area contributed by atoms with Gasteiger partial charge >= 0.3 is 5.97 Å². The Morgan fingerprint density at radius 1 is 1.47 bits per heavy atom. The molecular formula is C11H17NO4S. The third-order valence-corrected chi connectivity index (χ3v) is 4.27. The average Bonchev–Trinajstić information content (AvgIpc) is 2.75. The Kier molecular flexibility index (Phi) is 3.93. The molecule has 0 aromatic carbocycles. The highest BCUT2D eigenvalue weighted by molar-refractivity contribution is 7.99. The molecule has 2 saturated heterocycles. The van der Waals surface area contributed by atoms with Crippen LogP contribution in [0.3, 0.4) is 0 Å². The van der Waals surface area contributed by atoms with E-state index in [4.69, 9.17) is 9.84 Å². The van der Waals surface area contributed by atoms with Crippen molar-refractivity contribution >= 4 is 23.6 Å². The molecule has 0 spiro atoms. The number of carbonyl (C=O) groups excluding carboxylic acids is 1. The van der Waals surface area contributed by atoms with E-state index in [1.807, 2.05) is 6.92 Å². The summed E-state index contributed by atoms with van der Waals surface area (Å²) in [7, 11) is 0. The van der Waals surface area contributed by atoms with Crippen LogP contribution < -0.4 is 0 Å². The van der Waals surface area contributed by atoms with E-state index in [1.54, 1.807) is 11.8 Å². The summed E-state index contributed by atoms with van der Waals surface area (Å²) in [5.74, 6) is 0.192. The molecule has 2 rings (SSSR count). The fourth-order valence-electron chi connectivity index (χ4n) is 2.30. The second-order valence-corrected chi connectivity index (χ2v) is 5.69. The molecule has 2 aliphatic heterocycles. The van der Waals surface area contributed by atoms with Crippen molar-refractivity contribution in [2.75, 3.05) is 24.7 Å². The van der Waals surface area contributed by atoms with Crippen LogP contribution in [0.2, 0.25) is 0 Å². The van der Waals surface area contributed by atoms with Gasteiger partial charge in [-0.25, -0.2) is 4.79 Å². The number of nitrogens with zero attached hydrogens (tertiary/aromatic N) is 1. The lowest BCUT2D eigenvalue weighted by Gasteiger charge is -2.34. The van der Waals surface area contributed by atoms with Crippen LogP contribution in [-0.4, -0.2) is 58.7 Å². The minimum absolute atomic E-state index is 0.0537. The van der Waals surface area contributed by atoms with Crippen molar-refractivity contribution in [2.45, 2.75) is 25.5 Å². The smallest absolute Gasteiger partial charge is 0.327 e. The Morgan fingerprint density at radius 2 is 2.24 bits per heavy atom. The molecule has 5 nitrogen and oxygen atoms in total. The quantitative estimate of drug-likeness (QED) is 0.779. The summed E-state index contributed by atoms with van der Waals surface area (Å²) in [5, 5.41) is 9.11. The second-order valence-electron chi connectivity index (χ2n) is 4.54. The largest absolute Gasteiger partial charge is 0.480 e. The number of hydrogen-bond donors (Lipinski definition) is 1. The highest BCUT2D eigenvalue weighted by Gasteiger charge is 2.38. The summed E-state index contributed by atoms with van der Waals surface area (Å²) in [6.07, 6.45) is 0.806. The van der Waals surface area contributed by atoms with Gasteiger partial charge in [0, 0.05) is 18.1 Å². The zero-order valence-electron chi connectivity index (χ0n) is 9.80.